The average Bonchev–Trinajstić information content (AvgIpc) is 3.74. The van der Waals surface area contributed by atoms with Crippen molar-refractivity contribution in [3.05, 3.63) is 104 Å². The fourth-order valence-electron chi connectivity index (χ4n) is 8.71. The number of non-ortho nitro benzene ring substituents is 1. The molecule has 0 bridgehead atoms. The Morgan fingerprint density at radius 1 is 0.625 bits per heavy atom. The summed E-state index contributed by atoms with van der Waals surface area (Å²) in [6.45, 7) is 0. The number of pyridine rings is 2. The summed E-state index contributed by atoms with van der Waals surface area (Å²) >= 11 is 0. The largest absolute Gasteiger partial charge is 0.398 e. The van der Waals surface area contributed by atoms with Gasteiger partial charge in [-0.15, -0.1) is 0 Å². The molecule has 0 fully saturated rings. The highest BCUT2D eigenvalue weighted by Crippen LogP contribution is 2.50. The number of nitrogens with two attached hydrogens (primary N) is 1. The standard InChI is InChI=1S/C39H23N7O8S2/c1-43(2)56(53,54)17-5-11-28-26(13-17)42-37-23-15-29(46(49)50)33-19-7-9-20-30-22(36-41-25-12-16(55(3,51)52)4-10-27(25)44(36)38(20)47)14-24(40)32(34(19)30)18-6-8-21(31(23)35(18)33)39(48)45(28)37/h4-15H,40H2,1-3H3. The molecule has 274 valence electrons. The Morgan fingerprint density at radius 3 is 1.64 bits per heavy atom. The third kappa shape index (κ3) is 3.78. The fourth-order valence-corrected chi connectivity index (χ4v) is 10.3. The molecule has 15 nitrogen and oxygen atoms in total. The molecule has 17 heteroatoms. The highest BCUT2D eigenvalue weighted by atomic mass is 32.2. The van der Waals surface area contributed by atoms with Crippen molar-refractivity contribution in [1.82, 2.24) is 23.1 Å². The van der Waals surface area contributed by atoms with Gasteiger partial charge in [0, 0.05) is 80.6 Å². The smallest absolute Gasteiger partial charge is 0.278 e. The van der Waals surface area contributed by atoms with Crippen LogP contribution in [0.15, 0.2) is 92.2 Å². The summed E-state index contributed by atoms with van der Waals surface area (Å²) in [5.41, 5.74) is 7.68. The zero-order valence-electron chi connectivity index (χ0n) is 29.3. The second-order valence-electron chi connectivity index (χ2n) is 14.3. The molecule has 0 aliphatic carbocycles. The van der Waals surface area contributed by atoms with Gasteiger partial charge < -0.3 is 5.73 Å². The molecule has 0 aliphatic rings. The zero-order valence-corrected chi connectivity index (χ0v) is 30.9. The van der Waals surface area contributed by atoms with E-state index in [1.165, 1.54) is 65.4 Å². The molecule has 0 unspecified atom stereocenters. The van der Waals surface area contributed by atoms with Crippen molar-refractivity contribution in [3.8, 4) is 0 Å². The van der Waals surface area contributed by atoms with Gasteiger partial charge in [0.1, 0.15) is 11.3 Å². The Bertz CT molecular complexity index is 4050. The Kier molecular flexibility index (Phi) is 5.86. The molecular weight excluding hydrogens is 759 g/mol. The predicted molar refractivity (Wildman–Crippen MR) is 215 cm³/mol. The SMILES string of the molecule is CN(C)S(=O)(=O)c1ccc2c(c1)nc1c3cc([N+](=O)[O-])c4c5ccc6c(=O)n7c8ccc(S(C)(=O)=O)cc8nc7c7cc(N)c(c8ccc(c(=O)n21)c3c84)c5c67. The third-order valence-corrected chi connectivity index (χ3v) is 14.0. The van der Waals surface area contributed by atoms with E-state index in [0.29, 0.717) is 70.4 Å². The monoisotopic (exact) mass is 781 g/mol. The fraction of sp³-hybridized carbons (Fsp3) is 0.0769. The van der Waals surface area contributed by atoms with Crippen molar-refractivity contribution in [2.45, 2.75) is 9.79 Å². The van der Waals surface area contributed by atoms with Crippen LogP contribution in [0.3, 0.4) is 0 Å². The Hall–Kier alpha value is -6.82. The lowest BCUT2D eigenvalue weighted by Crippen LogP contribution is -2.22. The van der Waals surface area contributed by atoms with Gasteiger partial charge in [-0.1, -0.05) is 12.1 Å². The van der Waals surface area contributed by atoms with Crippen molar-refractivity contribution < 1.29 is 21.8 Å². The van der Waals surface area contributed by atoms with Crippen LogP contribution in [0.25, 0.3) is 98.0 Å². The van der Waals surface area contributed by atoms with Crippen molar-refractivity contribution >= 4 is 129 Å². The minimum atomic E-state index is -3.84. The van der Waals surface area contributed by atoms with E-state index >= 15 is 0 Å². The minimum absolute atomic E-state index is 0.0293. The van der Waals surface area contributed by atoms with Gasteiger partial charge in [0.25, 0.3) is 16.8 Å². The maximum Gasteiger partial charge on any atom is 0.278 e. The van der Waals surface area contributed by atoms with Crippen LogP contribution >= 0.6 is 0 Å². The molecule has 4 aromatic heterocycles. The first-order chi connectivity index (χ1) is 26.6. The summed E-state index contributed by atoms with van der Waals surface area (Å²) in [6.07, 6.45) is 1.09. The lowest BCUT2D eigenvalue weighted by molar-refractivity contribution is -0.382. The number of rotatable bonds is 4. The number of benzene rings is 7. The molecule has 0 amide bonds. The molecule has 0 spiro atoms. The van der Waals surface area contributed by atoms with Crippen LogP contribution in [0, 0.1) is 10.1 Å². The predicted octanol–water partition coefficient (Wildman–Crippen LogP) is 5.39. The van der Waals surface area contributed by atoms with Crippen LogP contribution in [0.4, 0.5) is 11.4 Å². The molecule has 11 aromatic rings. The number of nitro groups is 1. The van der Waals surface area contributed by atoms with Gasteiger partial charge in [-0.3, -0.25) is 28.5 Å². The van der Waals surface area contributed by atoms with E-state index in [-0.39, 0.29) is 48.7 Å². The first kappa shape index (κ1) is 32.6. The molecule has 56 heavy (non-hydrogen) atoms. The number of imidazole rings is 2. The van der Waals surface area contributed by atoms with Crippen LogP contribution in [0.1, 0.15) is 0 Å². The van der Waals surface area contributed by atoms with E-state index in [4.69, 9.17) is 15.7 Å². The number of hydrogen-bond donors (Lipinski definition) is 1. The van der Waals surface area contributed by atoms with Gasteiger partial charge in [-0.05, 0) is 65.4 Å². The summed E-state index contributed by atoms with van der Waals surface area (Å²) in [5, 5.41) is 18.0. The molecule has 0 atom stereocenters. The van der Waals surface area contributed by atoms with Gasteiger partial charge in [0.05, 0.1) is 42.2 Å². The zero-order chi connectivity index (χ0) is 39.1. The van der Waals surface area contributed by atoms with Crippen molar-refractivity contribution in [2.75, 3.05) is 26.1 Å². The number of aromatic nitrogens is 4. The maximum absolute atomic E-state index is 14.4. The van der Waals surface area contributed by atoms with Crippen molar-refractivity contribution in [2.24, 2.45) is 0 Å². The van der Waals surface area contributed by atoms with Gasteiger partial charge >= 0.3 is 0 Å². The highest BCUT2D eigenvalue weighted by Gasteiger charge is 2.30. The molecule has 4 heterocycles. The lowest BCUT2D eigenvalue weighted by atomic mass is 9.84. The third-order valence-electron chi connectivity index (χ3n) is 11.1. The molecule has 0 radical (unpaired) electrons. The Morgan fingerprint density at radius 2 is 1.11 bits per heavy atom. The normalized spacial score (nSPS) is 13.4. The minimum Gasteiger partial charge on any atom is -0.398 e. The number of nitrogen functional groups attached to an aromatic ring is 1. The second-order valence-corrected chi connectivity index (χ2v) is 18.5. The van der Waals surface area contributed by atoms with E-state index in [9.17, 15) is 36.5 Å². The highest BCUT2D eigenvalue weighted by molar-refractivity contribution is 7.90. The molecule has 7 aromatic carbocycles. The lowest BCUT2D eigenvalue weighted by Gasteiger charge is -2.19. The van der Waals surface area contributed by atoms with Crippen LogP contribution in [0.5, 0.6) is 0 Å². The number of anilines is 1. The maximum atomic E-state index is 14.4. The van der Waals surface area contributed by atoms with Gasteiger partial charge in [0.2, 0.25) is 10.0 Å². The number of fused-ring (bicyclic) bond motifs is 10. The van der Waals surface area contributed by atoms with Gasteiger partial charge in [-0.25, -0.2) is 31.1 Å². The van der Waals surface area contributed by atoms with Crippen LogP contribution in [0.2, 0.25) is 0 Å². The first-order valence-corrected chi connectivity index (χ1v) is 20.4. The Labute approximate surface area is 312 Å². The summed E-state index contributed by atoms with van der Waals surface area (Å²) in [5.74, 6) is 0. The molecule has 0 aliphatic heterocycles. The van der Waals surface area contributed by atoms with Crippen LogP contribution < -0.4 is 16.9 Å². The number of sulfone groups is 1. The summed E-state index contributed by atoms with van der Waals surface area (Å²) in [4.78, 5) is 50.8. The van der Waals surface area contributed by atoms with Crippen molar-refractivity contribution in [3.63, 3.8) is 0 Å². The van der Waals surface area contributed by atoms with Gasteiger partial charge in [0.15, 0.2) is 9.84 Å². The molecule has 0 saturated carbocycles. The summed E-state index contributed by atoms with van der Waals surface area (Å²) in [6, 6.07) is 18.3. The molecule has 0 saturated heterocycles. The topological polar surface area (TPSA) is 209 Å². The second kappa shape index (κ2) is 10.1. The molecule has 2 N–H and O–H groups in total. The summed E-state index contributed by atoms with van der Waals surface area (Å²) in [7, 11) is -4.61. The number of nitrogens with zero attached hydrogens (tertiary/aromatic N) is 6. The molecular formula is C39H23N7O8S2. The van der Waals surface area contributed by atoms with E-state index in [1.807, 2.05) is 0 Å². The van der Waals surface area contributed by atoms with Crippen LogP contribution in [-0.4, -0.2) is 65.2 Å². The number of sulfonamides is 1. The van der Waals surface area contributed by atoms with Gasteiger partial charge in [-0.2, -0.15) is 0 Å². The van der Waals surface area contributed by atoms with Crippen molar-refractivity contribution in [1.29, 1.82) is 0 Å². The molecule has 11 rings (SSSR count). The van der Waals surface area contributed by atoms with E-state index in [1.54, 1.807) is 30.3 Å². The summed E-state index contributed by atoms with van der Waals surface area (Å²) < 4.78 is 54.5. The van der Waals surface area contributed by atoms with Crippen LogP contribution in [-0.2, 0) is 19.9 Å². The average molecular weight is 782 g/mol. The van der Waals surface area contributed by atoms with E-state index < -0.39 is 35.9 Å². The first-order valence-electron chi connectivity index (χ1n) is 17.0. The Balaban J connectivity index is 1.34. The number of nitro benzene ring substituents is 1. The van der Waals surface area contributed by atoms with E-state index in [2.05, 4.69) is 0 Å². The number of hydrogen-bond acceptors (Lipinski definition) is 11. The van der Waals surface area contributed by atoms with E-state index in [0.717, 1.165) is 10.6 Å². The quantitative estimate of drug-likeness (QED) is 0.0787.